The molecule has 1 fully saturated rings. The van der Waals surface area contributed by atoms with Crippen molar-refractivity contribution < 1.29 is 14.3 Å². The summed E-state index contributed by atoms with van der Waals surface area (Å²) in [7, 11) is 0. The number of amides is 3. The van der Waals surface area contributed by atoms with Crippen molar-refractivity contribution >= 4 is 22.8 Å². The summed E-state index contributed by atoms with van der Waals surface area (Å²) >= 11 is 0. The molecule has 3 aromatic carbocycles. The second-order valence-corrected chi connectivity index (χ2v) is 10.2. The molecular weight excluding hydrogens is 504 g/mol. The average Bonchev–Trinajstić information content (AvgIpc) is 3.47. The summed E-state index contributed by atoms with van der Waals surface area (Å²) in [6.45, 7) is 1.20. The number of benzene rings is 3. The molecule has 4 aromatic rings. The largest absolute Gasteiger partial charge is 0.489 e. The van der Waals surface area contributed by atoms with Gasteiger partial charge in [0, 0.05) is 41.0 Å². The Kier molecular flexibility index (Phi) is 7.12. The van der Waals surface area contributed by atoms with Gasteiger partial charge in [-0.15, -0.1) is 0 Å². The third kappa shape index (κ3) is 4.76. The Labute approximate surface area is 232 Å². The van der Waals surface area contributed by atoms with Crippen molar-refractivity contribution in [3.05, 3.63) is 112 Å². The number of carbonyl (C=O) groups is 2. The molecule has 0 saturated carbocycles. The molecular formula is C31H30N6O3. The summed E-state index contributed by atoms with van der Waals surface area (Å²) < 4.78 is 6.12. The summed E-state index contributed by atoms with van der Waals surface area (Å²) in [5.74, 6) is 0.549. The fraction of sp³-hybridized carbons (Fsp3) is 0.290. The number of ether oxygens (including phenoxy) is 1. The maximum atomic E-state index is 13.8. The van der Waals surface area contributed by atoms with E-state index in [2.05, 4.69) is 21.1 Å². The van der Waals surface area contributed by atoms with Crippen molar-refractivity contribution in [2.75, 3.05) is 13.1 Å². The average molecular weight is 535 g/mol. The van der Waals surface area contributed by atoms with Crippen LogP contribution >= 0.6 is 0 Å². The topological polar surface area (TPSA) is 114 Å². The van der Waals surface area contributed by atoms with E-state index in [4.69, 9.17) is 10.3 Å². The van der Waals surface area contributed by atoms with Crippen molar-refractivity contribution in [3.63, 3.8) is 0 Å². The first-order valence-corrected chi connectivity index (χ1v) is 13.7. The lowest BCUT2D eigenvalue weighted by Crippen LogP contribution is -2.44. The van der Waals surface area contributed by atoms with Crippen LogP contribution in [0.15, 0.2) is 84.0 Å². The van der Waals surface area contributed by atoms with Crippen LogP contribution in [0.25, 0.3) is 21.3 Å². The van der Waals surface area contributed by atoms with Crippen molar-refractivity contribution in [2.45, 2.75) is 44.4 Å². The van der Waals surface area contributed by atoms with E-state index in [0.29, 0.717) is 38.3 Å². The van der Waals surface area contributed by atoms with Crippen LogP contribution < -0.4 is 4.74 Å². The predicted molar refractivity (Wildman–Crippen MR) is 152 cm³/mol. The number of H-pyrrole nitrogens is 1. The maximum absolute atomic E-state index is 13.8. The van der Waals surface area contributed by atoms with Gasteiger partial charge in [0.1, 0.15) is 24.4 Å². The van der Waals surface area contributed by atoms with Gasteiger partial charge in [-0.25, -0.2) is 4.79 Å². The first-order valence-electron chi connectivity index (χ1n) is 13.7. The van der Waals surface area contributed by atoms with E-state index in [9.17, 15) is 9.59 Å². The zero-order valence-corrected chi connectivity index (χ0v) is 22.1. The minimum absolute atomic E-state index is 0.155. The van der Waals surface area contributed by atoms with E-state index in [1.807, 2.05) is 72.8 Å². The molecule has 6 rings (SSSR count). The normalized spacial score (nSPS) is 18.0. The number of azide groups is 1. The Morgan fingerprint density at radius 1 is 0.975 bits per heavy atom. The third-order valence-electron chi connectivity index (χ3n) is 7.76. The fourth-order valence-electron chi connectivity index (χ4n) is 5.87. The summed E-state index contributed by atoms with van der Waals surface area (Å²) in [6.07, 6.45) is 2.63. The molecule has 3 heterocycles. The molecule has 3 amide bonds. The van der Waals surface area contributed by atoms with Crippen LogP contribution in [0.5, 0.6) is 5.75 Å². The lowest BCUT2D eigenvalue weighted by atomic mass is 9.89. The minimum atomic E-state index is -0.568. The molecule has 0 spiro atoms. The molecule has 1 N–H and O–H groups in total. The van der Waals surface area contributed by atoms with Crippen LogP contribution in [0.2, 0.25) is 0 Å². The highest BCUT2D eigenvalue weighted by Gasteiger charge is 2.52. The van der Waals surface area contributed by atoms with Crippen LogP contribution in [-0.2, 0) is 17.8 Å². The number of rotatable bonds is 10. The number of para-hydroxylation sites is 1. The highest BCUT2D eigenvalue weighted by atomic mass is 16.5. The summed E-state index contributed by atoms with van der Waals surface area (Å²) in [5, 5.41) is 4.64. The Morgan fingerprint density at radius 3 is 2.65 bits per heavy atom. The molecule has 1 saturated heterocycles. The van der Waals surface area contributed by atoms with Crippen molar-refractivity contribution in [1.82, 2.24) is 14.8 Å². The quantitative estimate of drug-likeness (QED) is 0.0822. The first-order chi connectivity index (χ1) is 19.7. The molecule has 0 bridgehead atoms. The molecule has 0 radical (unpaired) electrons. The van der Waals surface area contributed by atoms with Gasteiger partial charge in [-0.2, -0.15) is 0 Å². The molecule has 2 aliphatic heterocycles. The number of fused-ring (bicyclic) bond motifs is 4. The first kappa shape index (κ1) is 25.5. The van der Waals surface area contributed by atoms with Crippen molar-refractivity contribution in [2.24, 2.45) is 5.11 Å². The van der Waals surface area contributed by atoms with Gasteiger partial charge in [0.15, 0.2) is 0 Å². The van der Waals surface area contributed by atoms with Gasteiger partial charge < -0.3 is 9.72 Å². The monoisotopic (exact) mass is 534 g/mol. The molecule has 2 atom stereocenters. The highest BCUT2D eigenvalue weighted by Crippen LogP contribution is 2.44. The lowest BCUT2D eigenvalue weighted by Gasteiger charge is -2.36. The van der Waals surface area contributed by atoms with Crippen LogP contribution in [0.3, 0.4) is 0 Å². The van der Waals surface area contributed by atoms with Crippen LogP contribution in [-0.4, -0.2) is 45.9 Å². The van der Waals surface area contributed by atoms with Crippen LogP contribution in [0, 0.1) is 0 Å². The number of urea groups is 1. The smallest absolute Gasteiger partial charge is 0.328 e. The Balaban J connectivity index is 1.32. The van der Waals surface area contributed by atoms with Crippen LogP contribution in [0.4, 0.5) is 4.79 Å². The summed E-state index contributed by atoms with van der Waals surface area (Å²) in [6, 6.07) is 24.6. The van der Waals surface area contributed by atoms with Crippen molar-refractivity contribution in [1.29, 1.82) is 0 Å². The fourth-order valence-corrected chi connectivity index (χ4v) is 5.87. The second-order valence-electron chi connectivity index (χ2n) is 10.2. The number of aromatic nitrogens is 1. The number of aromatic amines is 1. The molecule has 9 nitrogen and oxygen atoms in total. The van der Waals surface area contributed by atoms with E-state index < -0.39 is 12.1 Å². The zero-order valence-electron chi connectivity index (χ0n) is 22.1. The van der Waals surface area contributed by atoms with E-state index in [0.717, 1.165) is 46.1 Å². The van der Waals surface area contributed by atoms with E-state index in [-0.39, 0.29) is 11.9 Å². The summed E-state index contributed by atoms with van der Waals surface area (Å²) in [4.78, 5) is 37.0. The number of unbranched alkanes of at least 4 members (excludes halogenated alkanes) is 2. The Morgan fingerprint density at radius 2 is 1.80 bits per heavy atom. The van der Waals surface area contributed by atoms with E-state index in [1.165, 1.54) is 4.90 Å². The second kappa shape index (κ2) is 11.2. The molecule has 0 aliphatic carbocycles. The zero-order chi connectivity index (χ0) is 27.5. The highest BCUT2D eigenvalue weighted by molar-refractivity contribution is 6.05. The lowest BCUT2D eigenvalue weighted by molar-refractivity contribution is -0.128. The standard InChI is InChI=1S/C31H30N6O3/c32-35-33-16-7-2-8-17-36-30(38)27-19-25-24-14-5-6-15-26(24)34-28(25)29(37(27)31(36)39)22-12-9-13-23(18-22)40-20-21-10-3-1-4-11-21/h1,3-6,9-15,18,27,29,34H,2,7-8,16-17,19-20H2/t27-,29+/m0/s1. The number of hydrogen-bond acceptors (Lipinski definition) is 4. The number of nitrogens with zero attached hydrogens (tertiary/aromatic N) is 5. The van der Waals surface area contributed by atoms with Crippen molar-refractivity contribution in [3.8, 4) is 5.75 Å². The molecule has 2 aliphatic rings. The van der Waals surface area contributed by atoms with E-state index in [1.54, 1.807) is 4.90 Å². The molecule has 40 heavy (non-hydrogen) atoms. The third-order valence-corrected chi connectivity index (χ3v) is 7.76. The molecule has 0 unspecified atom stereocenters. The Hall–Kier alpha value is -4.75. The molecule has 1 aromatic heterocycles. The van der Waals surface area contributed by atoms with E-state index >= 15 is 0 Å². The number of imide groups is 1. The number of nitrogens with one attached hydrogen (secondary N) is 1. The number of carbonyl (C=O) groups excluding carboxylic acids is 2. The Bertz CT molecular complexity index is 1590. The van der Waals surface area contributed by atoms with Gasteiger partial charge in [-0.3, -0.25) is 14.6 Å². The van der Waals surface area contributed by atoms with Gasteiger partial charge in [-0.05, 0) is 53.3 Å². The number of hydrogen-bond donors (Lipinski definition) is 1. The van der Waals surface area contributed by atoms with Gasteiger partial charge in [0.05, 0.1) is 0 Å². The molecule has 202 valence electrons. The maximum Gasteiger partial charge on any atom is 0.328 e. The van der Waals surface area contributed by atoms with Gasteiger partial charge in [0.25, 0.3) is 5.91 Å². The van der Waals surface area contributed by atoms with Crippen LogP contribution in [0.1, 0.15) is 47.7 Å². The van der Waals surface area contributed by atoms with Gasteiger partial charge >= 0.3 is 6.03 Å². The SMILES string of the molecule is [N-]=[N+]=NCCCCCN1C(=O)[C@@H]2Cc3c([nH]c4ccccc34)[C@@H](c3cccc(OCc4ccccc4)c3)N2C1=O. The van der Waals surface area contributed by atoms with Gasteiger partial charge in [0.2, 0.25) is 0 Å². The minimum Gasteiger partial charge on any atom is -0.489 e. The molecule has 9 heteroatoms. The summed E-state index contributed by atoms with van der Waals surface area (Å²) in [5.41, 5.74) is 13.4. The predicted octanol–water partition coefficient (Wildman–Crippen LogP) is 6.51. The van der Waals surface area contributed by atoms with Gasteiger partial charge in [-0.1, -0.05) is 72.2 Å².